The van der Waals surface area contributed by atoms with Crippen molar-refractivity contribution < 1.29 is 27.5 Å². The second-order valence-electron chi connectivity index (χ2n) is 8.53. The molecule has 0 aliphatic heterocycles. The van der Waals surface area contributed by atoms with Crippen molar-refractivity contribution in [2.75, 3.05) is 19.5 Å². The van der Waals surface area contributed by atoms with E-state index in [2.05, 4.69) is 25.8 Å². The van der Waals surface area contributed by atoms with Gasteiger partial charge in [-0.15, -0.1) is 10.2 Å². The van der Waals surface area contributed by atoms with Crippen LogP contribution in [0.25, 0.3) is 21.7 Å². The number of halogens is 4. The molecule has 214 valence electrons. The molecule has 4 rings (SSSR count). The summed E-state index contributed by atoms with van der Waals surface area (Å²) in [7, 11) is 2.82. The van der Waals surface area contributed by atoms with Crippen LogP contribution in [0.5, 0.6) is 5.75 Å². The summed E-state index contributed by atoms with van der Waals surface area (Å²) in [4.78, 5) is 42.2. The van der Waals surface area contributed by atoms with Gasteiger partial charge in [0.05, 0.1) is 25.2 Å². The van der Waals surface area contributed by atoms with Crippen LogP contribution in [0.1, 0.15) is 34.9 Å². The fraction of sp³-hybridized carbons (Fsp3) is 0.231. The number of aromatic nitrogens is 4. The van der Waals surface area contributed by atoms with Crippen LogP contribution in [-0.2, 0) is 11.0 Å². The number of carbonyl (C=O) groups is 2. The molecule has 1 aromatic carbocycles. The lowest BCUT2D eigenvalue weighted by Gasteiger charge is -2.20. The molecule has 0 aliphatic carbocycles. The quantitative estimate of drug-likeness (QED) is 0.287. The number of nitrogens with one attached hydrogen (secondary N) is 2. The second kappa shape index (κ2) is 12.1. The number of methoxy groups -OCH3 is 1. The van der Waals surface area contributed by atoms with E-state index in [4.69, 9.17) is 16.3 Å². The predicted octanol–water partition coefficient (Wildman–Crippen LogP) is 5.06. The molecule has 0 bridgehead atoms. The van der Waals surface area contributed by atoms with Crippen molar-refractivity contribution in [3.63, 3.8) is 0 Å². The van der Waals surface area contributed by atoms with Crippen LogP contribution in [0, 0.1) is 0 Å². The topological polar surface area (TPSA) is 128 Å². The Bertz CT molecular complexity index is 1660. The van der Waals surface area contributed by atoms with Gasteiger partial charge in [-0.1, -0.05) is 29.9 Å². The number of pyridine rings is 2. The number of nitrogens with zero attached hydrogens (tertiary/aromatic N) is 4. The number of hydrogen-bond acceptors (Lipinski definition) is 8. The van der Waals surface area contributed by atoms with Crippen molar-refractivity contribution in [1.82, 2.24) is 25.1 Å². The molecular weight excluding hydrogens is 585 g/mol. The van der Waals surface area contributed by atoms with Crippen LogP contribution in [0.3, 0.4) is 0 Å². The number of hydrogen-bond donors (Lipinski definition) is 2. The van der Waals surface area contributed by atoms with Crippen molar-refractivity contribution in [1.29, 1.82) is 0 Å². The number of rotatable bonds is 8. The van der Waals surface area contributed by atoms with Crippen molar-refractivity contribution in [3.8, 4) is 27.4 Å². The molecule has 3 aromatic heterocycles. The molecule has 10 nitrogen and oxygen atoms in total. The van der Waals surface area contributed by atoms with Crippen molar-refractivity contribution in [2.45, 2.75) is 25.6 Å². The molecule has 2 amide bonds. The van der Waals surface area contributed by atoms with Crippen molar-refractivity contribution in [3.05, 3.63) is 74.9 Å². The van der Waals surface area contributed by atoms with Crippen molar-refractivity contribution >= 4 is 40.4 Å². The summed E-state index contributed by atoms with van der Waals surface area (Å²) in [5.41, 5.74) is 0.696. The van der Waals surface area contributed by atoms with Crippen LogP contribution >= 0.6 is 22.9 Å². The molecule has 41 heavy (non-hydrogen) atoms. The zero-order valence-electron chi connectivity index (χ0n) is 21.7. The first-order valence-electron chi connectivity index (χ1n) is 12.0. The fourth-order valence-corrected chi connectivity index (χ4v) is 4.90. The highest BCUT2D eigenvalue weighted by Crippen LogP contribution is 2.41. The van der Waals surface area contributed by atoms with Gasteiger partial charge in [-0.25, -0.2) is 4.98 Å². The maximum atomic E-state index is 13.3. The van der Waals surface area contributed by atoms with Gasteiger partial charge >= 0.3 is 6.18 Å². The largest absolute Gasteiger partial charge is 0.495 e. The SMILES string of the molecule is CCC(C(=O)Nc1ccc(C(=O)NC)nc1)n1cc(OC)c(-c2cc(Cl)ccc2-c2nnc(C(F)(F)F)s2)cc1=O. The van der Waals surface area contributed by atoms with E-state index >= 15 is 0 Å². The first kappa shape index (κ1) is 29.7. The van der Waals surface area contributed by atoms with Crippen molar-refractivity contribution in [2.24, 2.45) is 0 Å². The Morgan fingerprint density at radius 3 is 2.46 bits per heavy atom. The lowest BCUT2D eigenvalue weighted by atomic mass is 9.99. The molecule has 0 saturated heterocycles. The Kier molecular flexibility index (Phi) is 8.73. The molecule has 2 N–H and O–H groups in total. The molecule has 1 unspecified atom stereocenters. The monoisotopic (exact) mass is 606 g/mol. The highest BCUT2D eigenvalue weighted by molar-refractivity contribution is 7.14. The number of amides is 2. The van der Waals surface area contributed by atoms with Gasteiger partial charge in [0.1, 0.15) is 22.5 Å². The maximum Gasteiger partial charge on any atom is 0.445 e. The molecule has 15 heteroatoms. The number of anilines is 1. The number of benzene rings is 1. The molecular formula is C26H22ClF3N6O4S. The van der Waals surface area contributed by atoms with E-state index in [0.717, 1.165) is 0 Å². The van der Waals surface area contributed by atoms with E-state index in [0.29, 0.717) is 22.6 Å². The van der Waals surface area contributed by atoms with Gasteiger partial charge in [0.25, 0.3) is 11.5 Å². The molecule has 0 aliphatic rings. The fourth-order valence-electron chi connectivity index (χ4n) is 3.98. The van der Waals surface area contributed by atoms with Gasteiger partial charge in [0.2, 0.25) is 10.9 Å². The van der Waals surface area contributed by atoms with Gasteiger partial charge in [0.15, 0.2) is 0 Å². The van der Waals surface area contributed by atoms with E-state index in [1.807, 2.05) is 0 Å². The third-order valence-electron chi connectivity index (χ3n) is 5.95. The third-order valence-corrected chi connectivity index (χ3v) is 7.19. The minimum absolute atomic E-state index is 0.0305. The van der Waals surface area contributed by atoms with Crippen LogP contribution < -0.4 is 20.9 Å². The molecule has 0 radical (unpaired) electrons. The van der Waals surface area contributed by atoms with E-state index in [1.54, 1.807) is 6.92 Å². The van der Waals surface area contributed by atoms with E-state index in [9.17, 15) is 27.6 Å². The molecule has 1 atom stereocenters. The van der Waals surface area contributed by atoms with Gasteiger partial charge < -0.3 is 15.4 Å². The Morgan fingerprint density at radius 1 is 1.12 bits per heavy atom. The smallest absolute Gasteiger partial charge is 0.445 e. The minimum atomic E-state index is -4.67. The normalized spacial score (nSPS) is 12.1. The predicted molar refractivity (Wildman–Crippen MR) is 147 cm³/mol. The molecule has 0 spiro atoms. The van der Waals surface area contributed by atoms with Gasteiger partial charge in [0, 0.05) is 29.3 Å². The average Bonchev–Trinajstić information content (AvgIpc) is 3.45. The molecule has 4 aromatic rings. The summed E-state index contributed by atoms with van der Waals surface area (Å²) in [5, 5.41) is 11.2. The number of ether oxygens (including phenoxy) is 1. The first-order chi connectivity index (χ1) is 19.5. The zero-order valence-corrected chi connectivity index (χ0v) is 23.3. The average molecular weight is 607 g/mol. The van der Waals surface area contributed by atoms with Gasteiger partial charge in [-0.05, 0) is 42.3 Å². The summed E-state index contributed by atoms with van der Waals surface area (Å²) >= 11 is 6.56. The Balaban J connectivity index is 1.71. The number of alkyl halides is 3. The Hall–Kier alpha value is -4.30. The van der Waals surface area contributed by atoms with Crippen LogP contribution in [-0.4, -0.2) is 45.7 Å². The molecule has 3 heterocycles. The maximum absolute atomic E-state index is 13.3. The lowest BCUT2D eigenvalue weighted by Crippen LogP contribution is -2.32. The summed E-state index contributed by atoms with van der Waals surface area (Å²) in [6.07, 6.45) is -1.77. The minimum Gasteiger partial charge on any atom is -0.495 e. The van der Waals surface area contributed by atoms with Crippen LogP contribution in [0.2, 0.25) is 5.02 Å². The van der Waals surface area contributed by atoms with E-state index in [1.165, 1.54) is 67.5 Å². The molecule has 0 saturated carbocycles. The van der Waals surface area contributed by atoms with Gasteiger partial charge in [-0.2, -0.15) is 13.2 Å². The van der Waals surface area contributed by atoms with E-state index in [-0.39, 0.29) is 44.9 Å². The highest BCUT2D eigenvalue weighted by Gasteiger charge is 2.36. The van der Waals surface area contributed by atoms with Gasteiger partial charge in [-0.3, -0.25) is 19.0 Å². The first-order valence-corrected chi connectivity index (χ1v) is 13.2. The second-order valence-corrected chi connectivity index (χ2v) is 9.94. The van der Waals surface area contributed by atoms with Crippen LogP contribution in [0.4, 0.5) is 18.9 Å². The summed E-state index contributed by atoms with van der Waals surface area (Å²) in [5.74, 6) is -0.741. The van der Waals surface area contributed by atoms with E-state index < -0.39 is 28.7 Å². The number of carbonyl (C=O) groups excluding carboxylic acids is 2. The Morgan fingerprint density at radius 2 is 1.88 bits per heavy atom. The summed E-state index contributed by atoms with van der Waals surface area (Å²) in [6, 6.07) is 7.65. The zero-order chi connectivity index (χ0) is 29.9. The Labute approximate surface area is 240 Å². The third kappa shape index (κ3) is 6.38. The summed E-state index contributed by atoms with van der Waals surface area (Å²) in [6.45, 7) is 1.72. The summed E-state index contributed by atoms with van der Waals surface area (Å²) < 4.78 is 46.2. The standard InChI is InChI=1S/C26H22ClF3N6O4S/c1-4-19(23(39)33-14-6-8-18(32-11-14)22(38)31-2)36-12-20(40-3)17(10-21(36)37)16-9-13(27)5-7-15(16)24-34-35-25(41-24)26(28,29)30/h5-12,19H,4H2,1-3H3,(H,31,38)(H,33,39). The lowest BCUT2D eigenvalue weighted by molar-refractivity contribution is -0.138. The highest BCUT2D eigenvalue weighted by atomic mass is 35.5. The molecule has 0 fully saturated rings. The van der Waals surface area contributed by atoms with Crippen LogP contribution in [0.15, 0.2) is 53.6 Å².